The summed E-state index contributed by atoms with van der Waals surface area (Å²) in [4.78, 5) is 12.6. The predicted molar refractivity (Wildman–Crippen MR) is 68.5 cm³/mol. The molecule has 2 rings (SSSR count). The first kappa shape index (κ1) is 12.8. The molecule has 1 aromatic rings. The van der Waals surface area contributed by atoms with E-state index >= 15 is 0 Å². The van der Waals surface area contributed by atoms with Gasteiger partial charge in [-0.25, -0.2) is 0 Å². The van der Waals surface area contributed by atoms with Crippen LogP contribution in [0.15, 0.2) is 6.20 Å². The number of carbonyl (C=O) groups is 1. The van der Waals surface area contributed by atoms with Gasteiger partial charge >= 0.3 is 0 Å². The minimum Gasteiger partial charge on any atom is -0.345 e. The average molecular weight is 274 g/mol. The Kier molecular flexibility index (Phi) is 3.99. The fourth-order valence-corrected chi connectivity index (χ4v) is 3.22. The molecule has 2 atom stereocenters. The molecule has 1 fully saturated rings. The second kappa shape index (κ2) is 5.31. The lowest BCUT2D eigenvalue weighted by molar-refractivity contribution is 0.0871. The average Bonchev–Trinajstić information content (AvgIpc) is 2.82. The van der Waals surface area contributed by atoms with E-state index in [4.69, 9.17) is 11.6 Å². The van der Waals surface area contributed by atoms with Crippen LogP contribution in [0.25, 0.3) is 0 Å². The monoisotopic (exact) mass is 273 g/mol. The summed E-state index contributed by atoms with van der Waals surface area (Å²) < 4.78 is 3.70. The highest BCUT2D eigenvalue weighted by atomic mass is 35.5. The van der Waals surface area contributed by atoms with E-state index in [1.54, 1.807) is 0 Å². The lowest BCUT2D eigenvalue weighted by Crippen LogP contribution is -2.52. The first-order valence-corrected chi connectivity index (χ1v) is 7.12. The van der Waals surface area contributed by atoms with Crippen LogP contribution in [0.4, 0.5) is 0 Å². The quantitative estimate of drug-likeness (QED) is 0.861. The molecule has 4 nitrogen and oxygen atoms in total. The van der Waals surface area contributed by atoms with Crippen molar-refractivity contribution >= 4 is 29.0 Å². The summed E-state index contributed by atoms with van der Waals surface area (Å²) in [6.45, 7) is 2.21. The van der Waals surface area contributed by atoms with Gasteiger partial charge < -0.3 is 5.32 Å². The number of nitrogens with one attached hydrogen (secondary N) is 1. The van der Waals surface area contributed by atoms with E-state index in [-0.39, 0.29) is 11.4 Å². The molecule has 0 aliphatic heterocycles. The van der Waals surface area contributed by atoms with Gasteiger partial charge in [0.15, 0.2) is 0 Å². The summed E-state index contributed by atoms with van der Waals surface area (Å²) in [6.07, 6.45) is 5.74. The normalized spacial score (nSPS) is 28.9. The number of nitrogens with zero attached hydrogens (tertiary/aromatic N) is 2. The van der Waals surface area contributed by atoms with Gasteiger partial charge in [0.1, 0.15) is 4.88 Å². The van der Waals surface area contributed by atoms with Crippen molar-refractivity contribution in [3.05, 3.63) is 11.1 Å². The second-order valence-corrected chi connectivity index (χ2v) is 5.90. The number of alkyl halides is 1. The molecule has 1 saturated carbocycles. The summed E-state index contributed by atoms with van der Waals surface area (Å²) in [5.74, 6) is 0.979. The van der Waals surface area contributed by atoms with Gasteiger partial charge in [0, 0.05) is 5.88 Å². The van der Waals surface area contributed by atoms with Crippen molar-refractivity contribution < 1.29 is 4.79 Å². The summed E-state index contributed by atoms with van der Waals surface area (Å²) in [5, 5.41) is 6.75. The van der Waals surface area contributed by atoms with E-state index in [2.05, 4.69) is 21.8 Å². The minimum absolute atomic E-state index is 0.102. The third-order valence-corrected chi connectivity index (χ3v) is 4.49. The predicted octanol–water partition coefficient (Wildman–Crippen LogP) is 2.46. The van der Waals surface area contributed by atoms with Gasteiger partial charge in [-0.3, -0.25) is 4.79 Å². The maximum atomic E-state index is 12.0. The second-order valence-electron chi connectivity index (χ2n) is 4.85. The van der Waals surface area contributed by atoms with Crippen LogP contribution in [0.1, 0.15) is 42.3 Å². The molecule has 0 bridgehead atoms. The van der Waals surface area contributed by atoms with Gasteiger partial charge in [0.25, 0.3) is 5.91 Å². The van der Waals surface area contributed by atoms with Gasteiger partial charge in [-0.15, -0.1) is 16.7 Å². The number of halogens is 1. The zero-order valence-electron chi connectivity index (χ0n) is 9.78. The number of hydrogen-bond acceptors (Lipinski definition) is 4. The molecule has 17 heavy (non-hydrogen) atoms. The molecule has 1 N–H and O–H groups in total. The maximum absolute atomic E-state index is 12.0. The van der Waals surface area contributed by atoms with Crippen molar-refractivity contribution in [2.45, 2.75) is 38.1 Å². The molecule has 1 amide bonds. The third kappa shape index (κ3) is 2.96. The van der Waals surface area contributed by atoms with E-state index in [1.807, 2.05) is 0 Å². The van der Waals surface area contributed by atoms with Crippen LogP contribution in [0.3, 0.4) is 0 Å². The van der Waals surface area contributed by atoms with E-state index in [1.165, 1.54) is 12.6 Å². The van der Waals surface area contributed by atoms with Crippen molar-refractivity contribution in [2.24, 2.45) is 5.92 Å². The summed E-state index contributed by atoms with van der Waals surface area (Å²) in [6, 6.07) is 0. The number of hydrogen-bond donors (Lipinski definition) is 1. The SMILES string of the molecule is CC1CCCC(CCl)(NC(=O)c2cnns2)C1. The number of amides is 1. The Bertz CT molecular complexity index is 384. The largest absolute Gasteiger partial charge is 0.345 e. The lowest BCUT2D eigenvalue weighted by atomic mass is 9.77. The molecule has 0 radical (unpaired) electrons. The van der Waals surface area contributed by atoms with Crippen molar-refractivity contribution in [2.75, 3.05) is 5.88 Å². The Labute approximate surface area is 110 Å². The smallest absolute Gasteiger partial charge is 0.265 e. The molecule has 6 heteroatoms. The molecule has 1 aromatic heterocycles. The standard InChI is InChI=1S/C11H16ClN3OS/c1-8-3-2-4-11(5-8,7-12)14-10(16)9-6-13-15-17-9/h6,8H,2-5,7H2,1H3,(H,14,16). The zero-order chi connectivity index (χ0) is 12.3. The summed E-state index contributed by atoms with van der Waals surface area (Å²) in [7, 11) is 0. The van der Waals surface area contributed by atoms with Crippen molar-refractivity contribution in [3.63, 3.8) is 0 Å². The van der Waals surface area contributed by atoms with Crippen LogP contribution in [0.5, 0.6) is 0 Å². The molecule has 0 spiro atoms. The zero-order valence-corrected chi connectivity index (χ0v) is 11.4. The van der Waals surface area contributed by atoms with Gasteiger partial charge in [0.05, 0.1) is 11.7 Å². The number of aromatic nitrogens is 2. The Morgan fingerprint density at radius 2 is 2.59 bits per heavy atom. The minimum atomic E-state index is -0.250. The van der Waals surface area contributed by atoms with E-state index in [0.717, 1.165) is 30.8 Å². The van der Waals surface area contributed by atoms with Crippen LogP contribution in [0.2, 0.25) is 0 Å². The van der Waals surface area contributed by atoms with Crippen molar-refractivity contribution in [1.82, 2.24) is 14.9 Å². The Morgan fingerprint density at radius 3 is 3.18 bits per heavy atom. The highest BCUT2D eigenvalue weighted by molar-refractivity contribution is 7.07. The van der Waals surface area contributed by atoms with Crippen LogP contribution < -0.4 is 5.32 Å². The van der Waals surface area contributed by atoms with E-state index in [0.29, 0.717) is 16.7 Å². The molecule has 1 aliphatic carbocycles. The molecule has 2 unspecified atom stereocenters. The maximum Gasteiger partial charge on any atom is 0.265 e. The Hall–Kier alpha value is -0.680. The number of rotatable bonds is 3. The van der Waals surface area contributed by atoms with Gasteiger partial charge in [-0.2, -0.15) is 0 Å². The highest BCUT2D eigenvalue weighted by Crippen LogP contribution is 2.33. The van der Waals surface area contributed by atoms with Crippen molar-refractivity contribution in [1.29, 1.82) is 0 Å². The third-order valence-electron chi connectivity index (χ3n) is 3.31. The molecular formula is C11H16ClN3OS. The molecule has 94 valence electrons. The summed E-state index contributed by atoms with van der Waals surface area (Å²) >= 11 is 7.18. The molecule has 0 aromatic carbocycles. The molecule has 1 heterocycles. The molecular weight excluding hydrogens is 258 g/mol. The van der Waals surface area contributed by atoms with Crippen LogP contribution in [-0.4, -0.2) is 26.9 Å². The first-order valence-electron chi connectivity index (χ1n) is 5.81. The van der Waals surface area contributed by atoms with Gasteiger partial charge in [0.2, 0.25) is 0 Å². The topological polar surface area (TPSA) is 54.9 Å². The Balaban J connectivity index is 2.06. The number of carbonyl (C=O) groups excluding carboxylic acids is 1. The Morgan fingerprint density at radius 1 is 1.76 bits per heavy atom. The molecule has 0 saturated heterocycles. The van der Waals surface area contributed by atoms with Crippen molar-refractivity contribution in [3.8, 4) is 0 Å². The summed E-state index contributed by atoms with van der Waals surface area (Å²) in [5.41, 5.74) is -0.250. The van der Waals surface area contributed by atoms with Gasteiger partial charge in [-0.05, 0) is 30.3 Å². The lowest BCUT2D eigenvalue weighted by Gasteiger charge is -2.39. The van der Waals surface area contributed by atoms with Crippen LogP contribution in [-0.2, 0) is 0 Å². The van der Waals surface area contributed by atoms with E-state index < -0.39 is 0 Å². The fraction of sp³-hybridized carbons (Fsp3) is 0.727. The van der Waals surface area contributed by atoms with Crippen LogP contribution in [0, 0.1) is 5.92 Å². The van der Waals surface area contributed by atoms with E-state index in [9.17, 15) is 4.79 Å². The van der Waals surface area contributed by atoms with Gasteiger partial charge in [-0.1, -0.05) is 24.3 Å². The highest BCUT2D eigenvalue weighted by Gasteiger charge is 2.36. The van der Waals surface area contributed by atoms with Crippen LogP contribution >= 0.6 is 23.1 Å². The molecule has 1 aliphatic rings. The first-order chi connectivity index (χ1) is 8.15. The fourth-order valence-electron chi connectivity index (χ4n) is 2.50.